The topological polar surface area (TPSA) is 88.2 Å². The molecule has 1 amide bonds. The van der Waals surface area contributed by atoms with E-state index >= 15 is 0 Å². The Morgan fingerprint density at radius 3 is 2.64 bits per heavy atom. The number of allylic oxidation sites excluding steroid dienone is 4. The van der Waals surface area contributed by atoms with Gasteiger partial charge < -0.3 is 14.4 Å². The zero-order chi connectivity index (χ0) is 29.7. The lowest BCUT2D eigenvalue weighted by Crippen LogP contribution is -2.45. The van der Waals surface area contributed by atoms with Gasteiger partial charge in [-0.15, -0.1) is 0 Å². The number of fused-ring (bicyclic) bond motifs is 4. The molecule has 2 fully saturated rings. The predicted molar refractivity (Wildman–Crippen MR) is 166 cm³/mol. The van der Waals surface area contributed by atoms with Gasteiger partial charge in [-0.25, -0.2) is 13.1 Å². The molecule has 6 rings (SSSR count). The van der Waals surface area contributed by atoms with Crippen LogP contribution >= 0.6 is 11.6 Å². The molecule has 1 aromatic carbocycles. The third-order valence-electron chi connectivity index (χ3n) is 10.5. The van der Waals surface area contributed by atoms with Crippen LogP contribution in [0.1, 0.15) is 69.7 Å². The van der Waals surface area contributed by atoms with Crippen LogP contribution in [0, 0.1) is 29.1 Å². The number of carbonyl (C=O) groups is 1. The third-order valence-corrected chi connectivity index (χ3v) is 12.7. The molecule has 228 valence electrons. The lowest BCUT2D eigenvalue weighted by molar-refractivity contribution is 0.0980. The second-order valence-corrected chi connectivity index (χ2v) is 15.9. The fraction of sp³-hybridized carbons (Fsp3) is 0.606. The number of hydrogen-bond donors (Lipinski definition) is 1. The van der Waals surface area contributed by atoms with Crippen molar-refractivity contribution in [1.29, 1.82) is 0 Å². The van der Waals surface area contributed by atoms with E-state index in [1.807, 2.05) is 25.1 Å². The number of sulfonamides is 1. The summed E-state index contributed by atoms with van der Waals surface area (Å²) >= 11 is 6.41. The number of carbonyl (C=O) groups excluding carboxylic acids is 1. The molecule has 2 aliphatic carbocycles. The van der Waals surface area contributed by atoms with Crippen molar-refractivity contribution < 1.29 is 22.7 Å². The Labute approximate surface area is 255 Å². The van der Waals surface area contributed by atoms with E-state index in [0.29, 0.717) is 36.2 Å². The second-order valence-electron chi connectivity index (χ2n) is 13.4. The highest BCUT2D eigenvalue weighted by Gasteiger charge is 2.55. The highest BCUT2D eigenvalue weighted by molar-refractivity contribution is 7.90. The third kappa shape index (κ3) is 5.79. The van der Waals surface area contributed by atoms with Crippen molar-refractivity contribution in [3.63, 3.8) is 0 Å². The lowest BCUT2D eigenvalue weighted by atomic mass is 9.66. The maximum absolute atomic E-state index is 13.4. The molecule has 42 heavy (non-hydrogen) atoms. The van der Waals surface area contributed by atoms with Gasteiger partial charge in [-0.1, -0.05) is 56.2 Å². The van der Waals surface area contributed by atoms with E-state index in [0.717, 1.165) is 62.5 Å². The van der Waals surface area contributed by atoms with Crippen molar-refractivity contribution in [3.8, 4) is 5.75 Å². The first-order chi connectivity index (χ1) is 20.0. The molecule has 0 radical (unpaired) electrons. The molecule has 2 unspecified atom stereocenters. The minimum atomic E-state index is -3.88. The summed E-state index contributed by atoms with van der Waals surface area (Å²) in [6, 6.07) is 5.33. The number of anilines is 1. The number of amides is 1. The van der Waals surface area contributed by atoms with E-state index in [1.54, 1.807) is 13.0 Å². The highest BCUT2D eigenvalue weighted by Crippen LogP contribution is 2.52. The molecule has 1 spiro atoms. The van der Waals surface area contributed by atoms with E-state index in [9.17, 15) is 13.2 Å². The Morgan fingerprint density at radius 1 is 1.10 bits per heavy atom. The van der Waals surface area contributed by atoms with Gasteiger partial charge in [0, 0.05) is 29.1 Å². The molecule has 2 bridgehead atoms. The summed E-state index contributed by atoms with van der Waals surface area (Å²) in [5.74, 6) is 1.10. The molecule has 1 aromatic rings. The maximum Gasteiger partial charge on any atom is 0.264 e. The summed E-state index contributed by atoms with van der Waals surface area (Å²) in [5.41, 5.74) is 0.706. The fourth-order valence-corrected chi connectivity index (χ4v) is 8.63. The smallest absolute Gasteiger partial charge is 0.264 e. The maximum atomic E-state index is 13.4. The van der Waals surface area contributed by atoms with Crippen molar-refractivity contribution >= 4 is 33.2 Å². The number of hydrogen-bond acceptors (Lipinski definition) is 6. The van der Waals surface area contributed by atoms with E-state index in [2.05, 4.69) is 40.8 Å². The molecular weight excluding hydrogens is 572 g/mol. The van der Waals surface area contributed by atoms with E-state index in [-0.39, 0.29) is 22.9 Å². The van der Waals surface area contributed by atoms with Gasteiger partial charge in [-0.2, -0.15) is 0 Å². The summed E-state index contributed by atoms with van der Waals surface area (Å²) in [6.45, 7) is 8.64. The number of nitrogens with one attached hydrogen (secondary N) is 1. The number of nitrogens with zero attached hydrogens (tertiary/aromatic N) is 1. The first-order valence-corrected chi connectivity index (χ1v) is 17.4. The highest BCUT2D eigenvalue weighted by atomic mass is 35.5. The number of ether oxygens (including phenoxy) is 2. The molecule has 1 saturated heterocycles. The number of halogens is 1. The van der Waals surface area contributed by atoms with Crippen LogP contribution in [0.4, 0.5) is 5.69 Å². The Morgan fingerprint density at radius 2 is 1.90 bits per heavy atom. The average Bonchev–Trinajstić information content (AvgIpc) is 3.71. The zero-order valence-corrected chi connectivity index (χ0v) is 26.4. The van der Waals surface area contributed by atoms with Gasteiger partial charge in [-0.3, -0.25) is 4.79 Å². The fourth-order valence-electron chi connectivity index (χ4n) is 7.13. The van der Waals surface area contributed by atoms with Crippen LogP contribution in [0.3, 0.4) is 0 Å². The SMILES string of the molecule is C[C@@H]1[C@@H](C)C/C=C/[C@]2(CO2)[C@@H]2CC[C@H]2CN2CCCCC3C=C(Cl)C=CC3(C)COc3ccc(cc32)C(=O)NS1(=O)=O. The largest absolute Gasteiger partial charge is 0.490 e. The number of epoxide rings is 1. The Balaban J connectivity index is 1.38. The molecular formula is C33H43ClN2O5S. The first-order valence-electron chi connectivity index (χ1n) is 15.5. The standard InChI is InChI=1S/C33H43ClN2O5S/c1-22-7-6-14-33(21-41-33)28-11-9-25(28)19-36-16-5-4-8-26-18-27(34)13-15-32(26,3)20-40-30-12-10-24(17-29(30)36)31(37)35-42(38,39)23(22)2/h6,10,12-15,17-18,22-23,25-26,28H,4-5,7-9,11,16,19-21H2,1-3H3,(H,35,37)/b14-6+/t22-,23+,25-,26?,28+,32?,33-/m0/s1. The first kappa shape index (κ1) is 29.8. The summed E-state index contributed by atoms with van der Waals surface area (Å²) in [5, 5.41) is 0.0421. The van der Waals surface area contributed by atoms with Crippen LogP contribution in [0.25, 0.3) is 0 Å². The van der Waals surface area contributed by atoms with Crippen LogP contribution in [0.5, 0.6) is 5.75 Å². The van der Waals surface area contributed by atoms with Crippen LogP contribution < -0.4 is 14.4 Å². The quantitative estimate of drug-likeness (QED) is 0.276. The van der Waals surface area contributed by atoms with Crippen molar-refractivity contribution in [2.45, 2.75) is 70.1 Å². The van der Waals surface area contributed by atoms with Crippen molar-refractivity contribution in [2.24, 2.45) is 29.1 Å². The van der Waals surface area contributed by atoms with Gasteiger partial charge in [-0.05, 0) is 87.0 Å². The Hall–Kier alpha value is -2.29. The van der Waals surface area contributed by atoms with Gasteiger partial charge in [0.1, 0.15) is 11.4 Å². The average molecular weight is 615 g/mol. The molecule has 5 aliphatic rings. The zero-order valence-electron chi connectivity index (χ0n) is 24.9. The van der Waals surface area contributed by atoms with Crippen LogP contribution in [-0.2, 0) is 14.8 Å². The lowest BCUT2D eigenvalue weighted by Gasteiger charge is -2.43. The van der Waals surface area contributed by atoms with Gasteiger partial charge >= 0.3 is 0 Å². The van der Waals surface area contributed by atoms with E-state index < -0.39 is 21.2 Å². The molecule has 1 saturated carbocycles. The summed E-state index contributed by atoms with van der Waals surface area (Å²) in [7, 11) is -3.88. The van der Waals surface area contributed by atoms with Crippen molar-refractivity contribution in [3.05, 3.63) is 59.2 Å². The Kier molecular flexibility index (Phi) is 8.03. The van der Waals surface area contributed by atoms with Crippen LogP contribution in [0.15, 0.2) is 53.6 Å². The predicted octanol–water partition coefficient (Wildman–Crippen LogP) is 6.21. The van der Waals surface area contributed by atoms with Gasteiger partial charge in [0.05, 0.1) is 24.2 Å². The summed E-state index contributed by atoms with van der Waals surface area (Å²) in [6.07, 6.45) is 16.5. The molecule has 3 aliphatic heterocycles. The van der Waals surface area contributed by atoms with Crippen molar-refractivity contribution in [2.75, 3.05) is 31.2 Å². The van der Waals surface area contributed by atoms with Gasteiger partial charge in [0.25, 0.3) is 5.91 Å². The summed E-state index contributed by atoms with van der Waals surface area (Å²) < 4.78 is 41.5. The van der Waals surface area contributed by atoms with E-state index in [4.69, 9.17) is 21.1 Å². The molecule has 9 heteroatoms. The minimum Gasteiger partial charge on any atom is -0.490 e. The Bertz CT molecular complexity index is 1420. The molecule has 7 nitrogen and oxygen atoms in total. The molecule has 3 heterocycles. The van der Waals surface area contributed by atoms with Crippen LogP contribution in [-0.4, -0.2) is 51.5 Å². The van der Waals surface area contributed by atoms with Gasteiger partial charge in [0.15, 0.2) is 0 Å². The normalized spacial score (nSPS) is 38.9. The van der Waals surface area contributed by atoms with Crippen molar-refractivity contribution in [1.82, 2.24) is 4.72 Å². The molecule has 7 atom stereocenters. The number of benzene rings is 1. The van der Waals surface area contributed by atoms with Gasteiger partial charge in [0.2, 0.25) is 10.0 Å². The molecule has 1 N–H and O–H groups in total. The molecule has 0 aromatic heterocycles. The monoisotopic (exact) mass is 614 g/mol. The van der Waals surface area contributed by atoms with Crippen LogP contribution in [0.2, 0.25) is 0 Å². The van der Waals surface area contributed by atoms with E-state index in [1.165, 1.54) is 0 Å². The summed E-state index contributed by atoms with van der Waals surface area (Å²) in [4.78, 5) is 15.7. The number of rotatable bonds is 0. The second kappa shape index (κ2) is 11.3. The minimum absolute atomic E-state index is 0.160.